The van der Waals surface area contributed by atoms with Crippen molar-refractivity contribution in [3.05, 3.63) is 70.0 Å². The summed E-state index contributed by atoms with van der Waals surface area (Å²) in [5.41, 5.74) is 0.949. The van der Waals surface area contributed by atoms with Crippen LogP contribution in [0.15, 0.2) is 52.4 Å². The summed E-state index contributed by atoms with van der Waals surface area (Å²) in [7, 11) is 1.82. The Kier molecular flexibility index (Phi) is 5.23. The second-order valence-corrected chi connectivity index (χ2v) is 7.97. The number of aromatic nitrogens is 5. The summed E-state index contributed by atoms with van der Waals surface area (Å²) >= 11 is 1.40. The average molecular weight is 450 g/mol. The molecule has 0 saturated carbocycles. The van der Waals surface area contributed by atoms with E-state index in [4.69, 9.17) is 9.47 Å². The van der Waals surface area contributed by atoms with Crippen LogP contribution in [0.5, 0.6) is 11.5 Å². The van der Waals surface area contributed by atoms with Crippen molar-refractivity contribution in [1.29, 1.82) is 0 Å². The van der Waals surface area contributed by atoms with E-state index in [0.29, 0.717) is 50.5 Å². The summed E-state index contributed by atoms with van der Waals surface area (Å²) in [5, 5.41) is 12.4. The maximum Gasteiger partial charge on any atom is 0.258 e. The van der Waals surface area contributed by atoms with Gasteiger partial charge in [-0.25, -0.2) is 4.98 Å². The number of para-hydroxylation sites is 1. The van der Waals surface area contributed by atoms with Crippen LogP contribution in [0.3, 0.4) is 0 Å². The lowest BCUT2D eigenvalue weighted by atomic mass is 10.2. The standard InChI is InChI=1S/C21H18N6O4S/c1-27-18(9-22-19(28)12-6-7-15-16(8-12)31-11-30-15)25-26-21(27)32-10-17-23-14-5-3-2-4-13(14)20(29)24-17/h2-8H,9-11H2,1H3,(H,22,28)(H,23,24,29). The molecule has 2 aromatic heterocycles. The first-order valence-electron chi connectivity index (χ1n) is 9.75. The number of carbonyl (C=O) groups excluding carboxylic acids is 1. The fourth-order valence-corrected chi connectivity index (χ4v) is 4.06. The predicted octanol–water partition coefficient (Wildman–Crippen LogP) is 2.00. The van der Waals surface area contributed by atoms with Crippen LogP contribution >= 0.6 is 11.8 Å². The monoisotopic (exact) mass is 450 g/mol. The molecule has 1 aliphatic heterocycles. The van der Waals surface area contributed by atoms with E-state index in [0.717, 1.165) is 0 Å². The molecule has 162 valence electrons. The van der Waals surface area contributed by atoms with Crippen LogP contribution in [0.4, 0.5) is 0 Å². The van der Waals surface area contributed by atoms with Gasteiger partial charge in [0.05, 0.1) is 23.2 Å². The summed E-state index contributed by atoms with van der Waals surface area (Å²) in [4.78, 5) is 32.0. The van der Waals surface area contributed by atoms with Crippen LogP contribution in [0.2, 0.25) is 0 Å². The summed E-state index contributed by atoms with van der Waals surface area (Å²) in [6.45, 7) is 0.366. The van der Waals surface area contributed by atoms with Gasteiger partial charge in [-0.2, -0.15) is 0 Å². The molecule has 0 fully saturated rings. The molecular weight excluding hydrogens is 432 g/mol. The molecule has 11 heteroatoms. The molecule has 0 atom stereocenters. The number of amides is 1. The Morgan fingerprint density at radius 3 is 2.94 bits per heavy atom. The molecule has 1 aliphatic rings. The molecule has 0 spiro atoms. The van der Waals surface area contributed by atoms with Crippen LogP contribution in [-0.4, -0.2) is 37.4 Å². The Bertz CT molecular complexity index is 1380. The number of ether oxygens (including phenoxy) is 2. The van der Waals surface area contributed by atoms with Gasteiger partial charge in [0.15, 0.2) is 22.5 Å². The normalized spacial score (nSPS) is 12.3. The Hall–Kier alpha value is -3.86. The lowest BCUT2D eigenvalue weighted by Crippen LogP contribution is -2.24. The van der Waals surface area contributed by atoms with Crippen LogP contribution < -0.4 is 20.3 Å². The van der Waals surface area contributed by atoms with Gasteiger partial charge in [0, 0.05) is 12.6 Å². The number of carbonyl (C=O) groups is 1. The molecule has 10 nitrogen and oxygen atoms in total. The van der Waals surface area contributed by atoms with Crippen molar-refractivity contribution in [3.8, 4) is 11.5 Å². The number of hydrogen-bond acceptors (Lipinski definition) is 8. The van der Waals surface area contributed by atoms with Gasteiger partial charge in [-0.1, -0.05) is 23.9 Å². The number of hydrogen-bond donors (Lipinski definition) is 2. The minimum Gasteiger partial charge on any atom is -0.454 e. The van der Waals surface area contributed by atoms with Crippen LogP contribution in [0, 0.1) is 0 Å². The summed E-state index contributed by atoms with van der Waals surface area (Å²) in [6, 6.07) is 12.2. The quantitative estimate of drug-likeness (QED) is 0.428. The number of aromatic amines is 1. The fourth-order valence-electron chi connectivity index (χ4n) is 3.26. The topological polar surface area (TPSA) is 124 Å². The van der Waals surface area contributed by atoms with Gasteiger partial charge in [0.25, 0.3) is 11.5 Å². The third-order valence-corrected chi connectivity index (χ3v) is 6.00. The maximum absolute atomic E-state index is 12.5. The highest BCUT2D eigenvalue weighted by molar-refractivity contribution is 7.98. The summed E-state index contributed by atoms with van der Waals surface area (Å²) in [6.07, 6.45) is 0. The third kappa shape index (κ3) is 3.89. The number of nitrogens with one attached hydrogen (secondary N) is 2. The van der Waals surface area contributed by atoms with Crippen molar-refractivity contribution in [2.24, 2.45) is 7.05 Å². The zero-order chi connectivity index (χ0) is 22.1. The average Bonchev–Trinajstić information content (AvgIpc) is 3.42. The van der Waals surface area contributed by atoms with E-state index < -0.39 is 0 Å². The SMILES string of the molecule is Cn1c(CNC(=O)c2ccc3c(c2)OCO3)nnc1SCc1nc2ccccc2c(=O)[nH]1. The molecule has 4 aromatic rings. The highest BCUT2D eigenvalue weighted by atomic mass is 32.2. The molecule has 0 aliphatic carbocycles. The minimum atomic E-state index is -0.251. The van der Waals surface area contributed by atoms with Crippen LogP contribution in [-0.2, 0) is 19.3 Å². The van der Waals surface area contributed by atoms with Crippen molar-refractivity contribution < 1.29 is 14.3 Å². The van der Waals surface area contributed by atoms with Crippen LogP contribution in [0.1, 0.15) is 22.0 Å². The second-order valence-electron chi connectivity index (χ2n) is 7.03. The number of fused-ring (bicyclic) bond motifs is 2. The van der Waals surface area contributed by atoms with Gasteiger partial charge < -0.3 is 24.3 Å². The number of benzene rings is 2. The first kappa shape index (κ1) is 20.1. The van der Waals surface area contributed by atoms with E-state index in [1.165, 1.54) is 11.8 Å². The van der Waals surface area contributed by atoms with Crippen molar-refractivity contribution in [2.45, 2.75) is 17.5 Å². The molecule has 1 amide bonds. The zero-order valence-electron chi connectivity index (χ0n) is 17.0. The zero-order valence-corrected chi connectivity index (χ0v) is 17.8. The molecule has 3 heterocycles. The van der Waals surface area contributed by atoms with Gasteiger partial charge in [-0.05, 0) is 30.3 Å². The Morgan fingerprint density at radius 1 is 1.19 bits per heavy atom. The molecule has 2 N–H and O–H groups in total. The Labute approximate surface area is 186 Å². The van der Waals surface area contributed by atoms with Crippen LogP contribution in [0.25, 0.3) is 10.9 Å². The highest BCUT2D eigenvalue weighted by Crippen LogP contribution is 2.32. The van der Waals surface area contributed by atoms with Crippen molar-refractivity contribution in [3.63, 3.8) is 0 Å². The van der Waals surface area contributed by atoms with E-state index in [1.54, 1.807) is 34.9 Å². The fraction of sp³-hybridized carbons (Fsp3) is 0.190. The number of rotatable bonds is 6. The van der Waals surface area contributed by atoms with Gasteiger partial charge in [0.2, 0.25) is 6.79 Å². The van der Waals surface area contributed by atoms with Gasteiger partial charge in [-0.15, -0.1) is 10.2 Å². The van der Waals surface area contributed by atoms with Gasteiger partial charge in [0.1, 0.15) is 5.82 Å². The largest absolute Gasteiger partial charge is 0.454 e. The molecule has 32 heavy (non-hydrogen) atoms. The number of H-pyrrole nitrogens is 1. The van der Waals surface area contributed by atoms with E-state index in [1.807, 2.05) is 19.2 Å². The minimum absolute atomic E-state index is 0.155. The molecule has 2 aromatic carbocycles. The molecule has 0 radical (unpaired) electrons. The summed E-state index contributed by atoms with van der Waals surface area (Å²) < 4.78 is 12.4. The lowest BCUT2D eigenvalue weighted by molar-refractivity contribution is 0.0949. The highest BCUT2D eigenvalue weighted by Gasteiger charge is 2.17. The molecule has 0 unspecified atom stereocenters. The Balaban J connectivity index is 1.23. The van der Waals surface area contributed by atoms with E-state index in [9.17, 15) is 9.59 Å². The van der Waals surface area contributed by atoms with Gasteiger partial charge >= 0.3 is 0 Å². The predicted molar refractivity (Wildman–Crippen MR) is 117 cm³/mol. The number of thioether (sulfide) groups is 1. The van der Waals surface area contributed by atoms with Gasteiger partial charge in [-0.3, -0.25) is 9.59 Å². The smallest absolute Gasteiger partial charge is 0.258 e. The molecule has 0 bridgehead atoms. The molecule has 5 rings (SSSR count). The first-order valence-corrected chi connectivity index (χ1v) is 10.7. The first-order chi connectivity index (χ1) is 15.6. The molecule has 0 saturated heterocycles. The Morgan fingerprint density at radius 2 is 2.03 bits per heavy atom. The lowest BCUT2D eigenvalue weighted by Gasteiger charge is -2.07. The number of nitrogens with zero attached hydrogens (tertiary/aromatic N) is 4. The summed E-state index contributed by atoms with van der Waals surface area (Å²) in [5.74, 6) is 2.50. The van der Waals surface area contributed by atoms with E-state index in [-0.39, 0.29) is 24.8 Å². The molecular formula is C21H18N6O4S. The van der Waals surface area contributed by atoms with Crippen molar-refractivity contribution in [2.75, 3.05) is 6.79 Å². The third-order valence-electron chi connectivity index (χ3n) is 4.97. The van der Waals surface area contributed by atoms with E-state index >= 15 is 0 Å². The van der Waals surface area contributed by atoms with E-state index in [2.05, 4.69) is 25.5 Å². The second kappa shape index (κ2) is 8.35. The van der Waals surface area contributed by atoms with Crippen molar-refractivity contribution in [1.82, 2.24) is 30.0 Å². The van der Waals surface area contributed by atoms with Crippen molar-refractivity contribution >= 4 is 28.6 Å². The maximum atomic E-state index is 12.5.